The molecule has 2 saturated heterocycles. The van der Waals surface area contributed by atoms with Gasteiger partial charge < -0.3 is 19.7 Å². The minimum Gasteiger partial charge on any atom is -0.494 e. The maximum absolute atomic E-state index is 5.90. The van der Waals surface area contributed by atoms with Crippen molar-refractivity contribution in [2.75, 3.05) is 46.5 Å². The molecule has 0 spiro atoms. The summed E-state index contributed by atoms with van der Waals surface area (Å²) in [6.45, 7) is 6.17. The van der Waals surface area contributed by atoms with Crippen LogP contribution in [0.5, 0.6) is 5.75 Å². The highest BCUT2D eigenvalue weighted by atomic mass is 16.5. The van der Waals surface area contributed by atoms with Crippen LogP contribution >= 0.6 is 0 Å². The van der Waals surface area contributed by atoms with Gasteiger partial charge in [0.1, 0.15) is 5.75 Å². The molecule has 1 N–H and O–H groups in total. The zero-order valence-electron chi connectivity index (χ0n) is 14.4. The van der Waals surface area contributed by atoms with Crippen LogP contribution in [0.15, 0.2) is 24.3 Å². The lowest BCUT2D eigenvalue weighted by Crippen LogP contribution is -2.44. The highest BCUT2D eigenvalue weighted by Gasteiger charge is 2.32. The van der Waals surface area contributed by atoms with E-state index in [-0.39, 0.29) is 5.54 Å². The lowest BCUT2D eigenvalue weighted by atomic mass is 9.83. The minimum atomic E-state index is 0.0620. The molecule has 2 aliphatic heterocycles. The quantitative estimate of drug-likeness (QED) is 0.784. The third kappa shape index (κ3) is 4.25. The lowest BCUT2D eigenvalue weighted by Gasteiger charge is -2.37. The van der Waals surface area contributed by atoms with Crippen molar-refractivity contribution in [2.45, 2.75) is 37.6 Å². The zero-order chi connectivity index (χ0) is 16.0. The molecule has 2 fully saturated rings. The van der Waals surface area contributed by atoms with Crippen molar-refractivity contribution >= 4 is 0 Å². The minimum absolute atomic E-state index is 0.0620. The molecule has 0 atom stereocenters. The van der Waals surface area contributed by atoms with Crippen LogP contribution in [-0.4, -0.2) is 51.4 Å². The molecule has 23 heavy (non-hydrogen) atoms. The predicted octanol–water partition coefficient (Wildman–Crippen LogP) is 2.78. The molecule has 2 aliphatic rings. The number of ether oxygens (including phenoxy) is 2. The summed E-state index contributed by atoms with van der Waals surface area (Å²) < 4.78 is 11.4. The van der Waals surface area contributed by atoms with Gasteiger partial charge in [0.05, 0.1) is 6.61 Å². The Labute approximate surface area is 140 Å². The summed E-state index contributed by atoms with van der Waals surface area (Å²) >= 11 is 0. The van der Waals surface area contributed by atoms with Crippen molar-refractivity contribution in [3.63, 3.8) is 0 Å². The molecule has 2 heterocycles. The standard InChI is InChI=1S/C19H30N2O2/c1-20-19(9-15-22-16-10-19)17-5-7-18(8-6-17)23-14-4-13-21-11-2-3-12-21/h5-8,20H,2-4,9-16H2,1H3. The molecule has 128 valence electrons. The zero-order valence-corrected chi connectivity index (χ0v) is 14.4. The molecule has 0 saturated carbocycles. The van der Waals surface area contributed by atoms with Crippen LogP contribution in [0.4, 0.5) is 0 Å². The van der Waals surface area contributed by atoms with Crippen LogP contribution in [0.3, 0.4) is 0 Å². The number of nitrogens with one attached hydrogen (secondary N) is 1. The SMILES string of the molecule is CNC1(c2ccc(OCCCN3CCCC3)cc2)CCOCC1. The van der Waals surface area contributed by atoms with Gasteiger partial charge in [0, 0.05) is 25.3 Å². The number of rotatable bonds is 7. The number of nitrogens with zero attached hydrogens (tertiary/aromatic N) is 1. The molecule has 0 radical (unpaired) electrons. The Morgan fingerprint density at radius 1 is 1.13 bits per heavy atom. The van der Waals surface area contributed by atoms with E-state index >= 15 is 0 Å². The normalized spacial score (nSPS) is 21.4. The van der Waals surface area contributed by atoms with E-state index < -0.39 is 0 Å². The monoisotopic (exact) mass is 318 g/mol. The van der Waals surface area contributed by atoms with Gasteiger partial charge in [-0.15, -0.1) is 0 Å². The average Bonchev–Trinajstić information content (AvgIpc) is 3.13. The van der Waals surface area contributed by atoms with E-state index in [1.165, 1.54) is 38.0 Å². The van der Waals surface area contributed by atoms with E-state index in [0.717, 1.165) is 44.8 Å². The number of hydrogen-bond donors (Lipinski definition) is 1. The van der Waals surface area contributed by atoms with Crippen molar-refractivity contribution in [3.05, 3.63) is 29.8 Å². The summed E-state index contributed by atoms with van der Waals surface area (Å²) in [5.74, 6) is 0.980. The van der Waals surface area contributed by atoms with Crippen molar-refractivity contribution < 1.29 is 9.47 Å². The number of benzene rings is 1. The Kier molecular flexibility index (Phi) is 5.92. The van der Waals surface area contributed by atoms with Crippen LogP contribution in [-0.2, 0) is 10.3 Å². The summed E-state index contributed by atoms with van der Waals surface area (Å²) in [6, 6.07) is 8.63. The van der Waals surface area contributed by atoms with Gasteiger partial charge in [0.15, 0.2) is 0 Å². The molecule has 4 heteroatoms. The lowest BCUT2D eigenvalue weighted by molar-refractivity contribution is 0.0398. The third-order valence-electron chi connectivity index (χ3n) is 5.32. The number of hydrogen-bond acceptors (Lipinski definition) is 4. The van der Waals surface area contributed by atoms with Crippen molar-refractivity contribution in [2.24, 2.45) is 0 Å². The van der Waals surface area contributed by atoms with E-state index in [4.69, 9.17) is 9.47 Å². The van der Waals surface area contributed by atoms with Gasteiger partial charge in [0.2, 0.25) is 0 Å². The molecule has 4 nitrogen and oxygen atoms in total. The molecular weight excluding hydrogens is 288 g/mol. The number of likely N-dealkylation sites (tertiary alicyclic amines) is 1. The van der Waals surface area contributed by atoms with Gasteiger partial charge in [0.25, 0.3) is 0 Å². The van der Waals surface area contributed by atoms with E-state index in [1.54, 1.807) is 0 Å². The van der Waals surface area contributed by atoms with Crippen LogP contribution in [0.1, 0.15) is 37.7 Å². The predicted molar refractivity (Wildman–Crippen MR) is 93.0 cm³/mol. The summed E-state index contributed by atoms with van der Waals surface area (Å²) in [5, 5.41) is 3.51. The first-order chi connectivity index (χ1) is 11.3. The summed E-state index contributed by atoms with van der Waals surface area (Å²) in [6.07, 6.45) is 5.89. The van der Waals surface area contributed by atoms with Gasteiger partial charge >= 0.3 is 0 Å². The molecule has 0 unspecified atom stereocenters. The topological polar surface area (TPSA) is 33.7 Å². The fourth-order valence-electron chi connectivity index (χ4n) is 3.76. The molecule has 1 aromatic carbocycles. The Bertz CT molecular complexity index is 463. The van der Waals surface area contributed by atoms with Gasteiger partial charge in [-0.3, -0.25) is 0 Å². The molecule has 0 bridgehead atoms. The average molecular weight is 318 g/mol. The molecular formula is C19H30N2O2. The Morgan fingerprint density at radius 3 is 2.48 bits per heavy atom. The molecule has 0 aromatic heterocycles. The summed E-state index contributed by atoms with van der Waals surface area (Å²) in [4.78, 5) is 2.54. The van der Waals surface area contributed by atoms with Crippen LogP contribution in [0.2, 0.25) is 0 Å². The highest BCUT2D eigenvalue weighted by molar-refractivity contribution is 5.32. The highest BCUT2D eigenvalue weighted by Crippen LogP contribution is 2.32. The van der Waals surface area contributed by atoms with Crippen molar-refractivity contribution in [1.82, 2.24) is 10.2 Å². The Balaban J connectivity index is 1.48. The summed E-state index contributed by atoms with van der Waals surface area (Å²) in [5.41, 5.74) is 1.40. The fourth-order valence-corrected chi connectivity index (χ4v) is 3.76. The molecule has 0 amide bonds. The van der Waals surface area contributed by atoms with Gasteiger partial charge in [-0.25, -0.2) is 0 Å². The van der Waals surface area contributed by atoms with Gasteiger partial charge in [-0.2, -0.15) is 0 Å². The van der Waals surface area contributed by atoms with Crippen LogP contribution in [0, 0.1) is 0 Å². The molecule has 3 rings (SSSR count). The second-order valence-corrected chi connectivity index (χ2v) is 6.72. The second kappa shape index (κ2) is 8.13. The first-order valence-electron chi connectivity index (χ1n) is 9.05. The first-order valence-corrected chi connectivity index (χ1v) is 9.05. The van der Waals surface area contributed by atoms with Crippen LogP contribution in [0.25, 0.3) is 0 Å². The third-order valence-corrected chi connectivity index (χ3v) is 5.32. The Morgan fingerprint density at radius 2 is 1.83 bits per heavy atom. The van der Waals surface area contributed by atoms with E-state index in [9.17, 15) is 0 Å². The first kappa shape index (κ1) is 16.7. The summed E-state index contributed by atoms with van der Waals surface area (Å²) in [7, 11) is 2.05. The van der Waals surface area contributed by atoms with Gasteiger partial charge in [-0.1, -0.05) is 12.1 Å². The van der Waals surface area contributed by atoms with Crippen molar-refractivity contribution in [1.29, 1.82) is 0 Å². The molecule has 1 aromatic rings. The Hall–Kier alpha value is -1.10. The largest absolute Gasteiger partial charge is 0.494 e. The maximum Gasteiger partial charge on any atom is 0.119 e. The maximum atomic E-state index is 5.90. The van der Waals surface area contributed by atoms with Gasteiger partial charge in [-0.05, 0) is 69.9 Å². The van der Waals surface area contributed by atoms with Crippen LogP contribution < -0.4 is 10.1 Å². The van der Waals surface area contributed by atoms with E-state index in [1.807, 2.05) is 7.05 Å². The smallest absolute Gasteiger partial charge is 0.119 e. The second-order valence-electron chi connectivity index (χ2n) is 6.72. The van der Waals surface area contributed by atoms with Crippen molar-refractivity contribution in [3.8, 4) is 5.75 Å². The van der Waals surface area contributed by atoms with E-state index in [2.05, 4.69) is 34.5 Å². The molecule has 0 aliphatic carbocycles. The van der Waals surface area contributed by atoms with E-state index in [0.29, 0.717) is 0 Å². The fraction of sp³-hybridized carbons (Fsp3) is 0.684.